The summed E-state index contributed by atoms with van der Waals surface area (Å²) in [5.74, 6) is -0.683. The topological polar surface area (TPSA) is 69.4 Å². The molecule has 0 N–H and O–H groups in total. The van der Waals surface area contributed by atoms with Gasteiger partial charge in [0.2, 0.25) is 0 Å². The molecule has 0 aromatic heterocycles. The maximum absolute atomic E-state index is 11.3. The number of nitro benzene ring substituents is 1. The molecule has 1 unspecified atom stereocenters. The van der Waals surface area contributed by atoms with Crippen LogP contribution in [0, 0.1) is 16.0 Å². The van der Waals surface area contributed by atoms with Gasteiger partial charge in [0.15, 0.2) is 0 Å². The van der Waals surface area contributed by atoms with Gasteiger partial charge >= 0.3 is 5.97 Å². The number of rotatable bonds is 5. The number of nitrogens with zero attached hydrogens (tertiary/aromatic N) is 1. The van der Waals surface area contributed by atoms with Crippen LogP contribution in [-0.4, -0.2) is 17.5 Å². The van der Waals surface area contributed by atoms with Crippen LogP contribution in [-0.2, 0) is 9.53 Å². The van der Waals surface area contributed by atoms with E-state index in [2.05, 4.69) is 0 Å². The molecule has 1 aromatic carbocycles. The third-order valence-corrected chi connectivity index (χ3v) is 2.61. The molecule has 0 radical (unpaired) electrons. The number of para-hydroxylation sites is 1. The Morgan fingerprint density at radius 1 is 1.33 bits per heavy atom. The van der Waals surface area contributed by atoms with E-state index < -0.39 is 4.92 Å². The zero-order valence-corrected chi connectivity index (χ0v) is 10.8. The molecule has 0 spiro atoms. The summed E-state index contributed by atoms with van der Waals surface area (Å²) < 4.78 is 5.09. The van der Waals surface area contributed by atoms with E-state index in [9.17, 15) is 14.9 Å². The Balaban J connectivity index is 2.75. The van der Waals surface area contributed by atoms with E-state index in [1.54, 1.807) is 39.0 Å². The molecule has 5 nitrogen and oxygen atoms in total. The molecule has 0 fully saturated rings. The number of carbonyl (C=O) groups excluding carboxylic acids is 1. The van der Waals surface area contributed by atoms with E-state index in [0.717, 1.165) is 0 Å². The van der Waals surface area contributed by atoms with Crippen molar-refractivity contribution in [3.05, 3.63) is 39.9 Å². The minimum Gasteiger partial charge on any atom is -0.465 e. The van der Waals surface area contributed by atoms with Crippen LogP contribution < -0.4 is 0 Å². The highest BCUT2D eigenvalue weighted by Gasteiger charge is 2.19. The van der Waals surface area contributed by atoms with Gasteiger partial charge in [-0.05, 0) is 0 Å². The van der Waals surface area contributed by atoms with Gasteiger partial charge in [-0.2, -0.15) is 0 Å². The molecular formula is C13H17NO4. The van der Waals surface area contributed by atoms with Gasteiger partial charge in [-0.3, -0.25) is 14.9 Å². The first-order valence-corrected chi connectivity index (χ1v) is 5.83. The monoisotopic (exact) mass is 251 g/mol. The molecule has 0 aliphatic carbocycles. The summed E-state index contributed by atoms with van der Waals surface area (Å²) in [5, 5.41) is 10.9. The molecule has 0 saturated carbocycles. The maximum Gasteiger partial charge on any atom is 0.308 e. The molecular weight excluding hydrogens is 234 g/mol. The Kier molecular flexibility index (Phi) is 4.83. The SMILES string of the molecule is CC(C)C(=O)OCC(C)c1ccccc1[N+](=O)[O-]. The Bertz CT molecular complexity index is 442. The van der Waals surface area contributed by atoms with E-state index in [4.69, 9.17) is 4.74 Å². The van der Waals surface area contributed by atoms with Crippen LogP contribution in [0.3, 0.4) is 0 Å². The third-order valence-electron chi connectivity index (χ3n) is 2.61. The lowest BCUT2D eigenvalue weighted by molar-refractivity contribution is -0.385. The number of esters is 1. The highest BCUT2D eigenvalue weighted by Crippen LogP contribution is 2.26. The summed E-state index contributed by atoms with van der Waals surface area (Å²) in [6, 6.07) is 6.50. The number of nitro groups is 1. The second-order valence-electron chi connectivity index (χ2n) is 4.50. The zero-order chi connectivity index (χ0) is 13.7. The second-order valence-corrected chi connectivity index (χ2v) is 4.50. The Morgan fingerprint density at radius 2 is 1.94 bits per heavy atom. The van der Waals surface area contributed by atoms with Crippen LogP contribution >= 0.6 is 0 Å². The van der Waals surface area contributed by atoms with Gasteiger partial charge in [-0.15, -0.1) is 0 Å². The van der Waals surface area contributed by atoms with Gasteiger partial charge in [0, 0.05) is 17.5 Å². The van der Waals surface area contributed by atoms with Crippen molar-refractivity contribution in [3.63, 3.8) is 0 Å². The lowest BCUT2D eigenvalue weighted by Gasteiger charge is -2.13. The standard InChI is InChI=1S/C13H17NO4/c1-9(2)13(15)18-8-10(3)11-6-4-5-7-12(11)14(16)17/h4-7,9-10H,8H2,1-3H3. The lowest BCUT2D eigenvalue weighted by atomic mass is 10.0. The lowest BCUT2D eigenvalue weighted by Crippen LogP contribution is -2.16. The quantitative estimate of drug-likeness (QED) is 0.458. The first-order valence-electron chi connectivity index (χ1n) is 5.83. The first kappa shape index (κ1) is 14.2. The molecule has 0 saturated heterocycles. The first-order chi connectivity index (χ1) is 8.43. The van der Waals surface area contributed by atoms with Crippen molar-refractivity contribution in [2.75, 3.05) is 6.61 Å². The summed E-state index contributed by atoms with van der Waals surface area (Å²) in [6.07, 6.45) is 0. The molecule has 98 valence electrons. The molecule has 1 rings (SSSR count). The van der Waals surface area contributed by atoms with Crippen molar-refractivity contribution in [2.45, 2.75) is 26.7 Å². The molecule has 1 atom stereocenters. The van der Waals surface area contributed by atoms with E-state index in [-0.39, 0.29) is 30.1 Å². The summed E-state index contributed by atoms with van der Waals surface area (Å²) in [7, 11) is 0. The number of ether oxygens (including phenoxy) is 1. The fraction of sp³-hybridized carbons (Fsp3) is 0.462. The maximum atomic E-state index is 11.3. The molecule has 5 heteroatoms. The third kappa shape index (κ3) is 3.55. The van der Waals surface area contributed by atoms with E-state index in [1.807, 2.05) is 0 Å². The van der Waals surface area contributed by atoms with Crippen LogP contribution in [0.2, 0.25) is 0 Å². The van der Waals surface area contributed by atoms with Gasteiger partial charge in [0.1, 0.15) is 0 Å². The second kappa shape index (κ2) is 6.14. The molecule has 0 heterocycles. The Morgan fingerprint density at radius 3 is 2.50 bits per heavy atom. The van der Waals surface area contributed by atoms with Crippen molar-refractivity contribution in [2.24, 2.45) is 5.92 Å². The average Bonchev–Trinajstić information content (AvgIpc) is 2.35. The van der Waals surface area contributed by atoms with Gasteiger partial charge in [-0.25, -0.2) is 0 Å². The van der Waals surface area contributed by atoms with E-state index in [1.165, 1.54) is 6.07 Å². The van der Waals surface area contributed by atoms with Crippen LogP contribution in [0.5, 0.6) is 0 Å². The van der Waals surface area contributed by atoms with E-state index >= 15 is 0 Å². The van der Waals surface area contributed by atoms with E-state index in [0.29, 0.717) is 5.56 Å². The van der Waals surface area contributed by atoms with Crippen molar-refractivity contribution < 1.29 is 14.5 Å². The van der Waals surface area contributed by atoms with Crippen molar-refractivity contribution >= 4 is 11.7 Å². The normalized spacial score (nSPS) is 12.2. The minimum atomic E-state index is -0.421. The molecule has 0 amide bonds. The van der Waals surface area contributed by atoms with Crippen molar-refractivity contribution in [1.82, 2.24) is 0 Å². The highest BCUT2D eigenvalue weighted by atomic mass is 16.6. The zero-order valence-electron chi connectivity index (χ0n) is 10.8. The summed E-state index contributed by atoms with van der Waals surface area (Å²) in [4.78, 5) is 21.8. The minimum absolute atomic E-state index is 0.0607. The number of carbonyl (C=O) groups is 1. The van der Waals surface area contributed by atoms with Crippen molar-refractivity contribution in [1.29, 1.82) is 0 Å². The van der Waals surface area contributed by atoms with Gasteiger partial charge in [-0.1, -0.05) is 39.0 Å². The summed E-state index contributed by atoms with van der Waals surface area (Å²) in [5.41, 5.74) is 0.643. The van der Waals surface area contributed by atoms with Gasteiger partial charge in [0.05, 0.1) is 17.4 Å². The summed E-state index contributed by atoms with van der Waals surface area (Å²) >= 11 is 0. The molecule has 1 aromatic rings. The fourth-order valence-electron chi connectivity index (χ4n) is 1.53. The highest BCUT2D eigenvalue weighted by molar-refractivity contribution is 5.71. The molecule has 0 aliphatic heterocycles. The largest absolute Gasteiger partial charge is 0.465 e. The number of hydrogen-bond donors (Lipinski definition) is 0. The van der Waals surface area contributed by atoms with Crippen LogP contribution in [0.25, 0.3) is 0 Å². The molecule has 0 aliphatic rings. The summed E-state index contributed by atoms with van der Waals surface area (Å²) in [6.45, 7) is 5.45. The smallest absolute Gasteiger partial charge is 0.308 e. The average molecular weight is 251 g/mol. The number of hydrogen-bond acceptors (Lipinski definition) is 4. The Hall–Kier alpha value is -1.91. The Labute approximate surface area is 106 Å². The number of benzene rings is 1. The predicted octanol–water partition coefficient (Wildman–Crippen LogP) is 2.90. The van der Waals surface area contributed by atoms with Gasteiger partial charge in [0.25, 0.3) is 5.69 Å². The fourth-order valence-corrected chi connectivity index (χ4v) is 1.53. The van der Waals surface area contributed by atoms with Crippen LogP contribution in [0.4, 0.5) is 5.69 Å². The van der Waals surface area contributed by atoms with Gasteiger partial charge < -0.3 is 4.74 Å². The predicted molar refractivity (Wildman–Crippen MR) is 67.3 cm³/mol. The van der Waals surface area contributed by atoms with Crippen LogP contribution in [0.15, 0.2) is 24.3 Å². The van der Waals surface area contributed by atoms with Crippen molar-refractivity contribution in [3.8, 4) is 0 Å². The van der Waals surface area contributed by atoms with Crippen LogP contribution in [0.1, 0.15) is 32.3 Å². The molecule has 18 heavy (non-hydrogen) atoms. The molecule has 0 bridgehead atoms.